The van der Waals surface area contributed by atoms with E-state index in [1.807, 2.05) is 23.9 Å². The van der Waals surface area contributed by atoms with Gasteiger partial charge in [-0.05, 0) is 17.5 Å². The van der Waals surface area contributed by atoms with Crippen LogP contribution in [0.25, 0.3) is 10.2 Å². The van der Waals surface area contributed by atoms with Gasteiger partial charge in [-0.15, -0.1) is 11.3 Å². The smallest absolute Gasteiger partial charge is 0.141 e. The number of rotatable bonds is 4. The minimum absolute atomic E-state index is 0.758. The Labute approximate surface area is 133 Å². The number of hydrogen-bond acceptors (Lipinski definition) is 4. The van der Waals surface area contributed by atoms with Crippen LogP contribution in [0.5, 0.6) is 0 Å². The van der Waals surface area contributed by atoms with E-state index in [-0.39, 0.29) is 0 Å². The Hall–Kier alpha value is -1.59. The molecule has 3 rings (SSSR count). The average Bonchev–Trinajstić information content (AvgIpc) is 3.04. The maximum absolute atomic E-state index is 6.06. The molecule has 0 aliphatic carbocycles. The molecule has 0 aliphatic rings. The predicted octanol–water partition coefficient (Wildman–Crippen LogP) is 3.88. The second kappa shape index (κ2) is 5.66. The van der Waals surface area contributed by atoms with Crippen LogP contribution in [0.1, 0.15) is 18.4 Å². The lowest BCUT2D eigenvalue weighted by molar-refractivity contribution is 0.780. The summed E-state index contributed by atoms with van der Waals surface area (Å²) in [4.78, 5) is 12.5. The first-order chi connectivity index (χ1) is 10.1. The summed E-state index contributed by atoms with van der Waals surface area (Å²) in [5.74, 6) is 1.87. The maximum atomic E-state index is 6.06. The summed E-state index contributed by atoms with van der Waals surface area (Å²) in [6, 6.07) is 4.08. The van der Waals surface area contributed by atoms with Crippen LogP contribution in [0, 0.1) is 0 Å². The highest BCUT2D eigenvalue weighted by Crippen LogP contribution is 2.28. The van der Waals surface area contributed by atoms with Crippen LogP contribution in [-0.4, -0.2) is 21.6 Å². The molecule has 21 heavy (non-hydrogen) atoms. The summed E-state index contributed by atoms with van der Waals surface area (Å²) in [6.07, 6.45) is 2.76. The van der Waals surface area contributed by atoms with E-state index in [9.17, 15) is 0 Å². The minimum Gasteiger partial charge on any atom is -0.353 e. The van der Waals surface area contributed by atoms with Gasteiger partial charge < -0.3 is 9.47 Å². The lowest BCUT2D eigenvalue weighted by Gasteiger charge is -2.20. The Morgan fingerprint density at radius 2 is 2.19 bits per heavy atom. The zero-order valence-corrected chi connectivity index (χ0v) is 13.9. The highest BCUT2D eigenvalue weighted by Gasteiger charge is 2.14. The third-order valence-electron chi connectivity index (χ3n) is 3.50. The van der Waals surface area contributed by atoms with E-state index in [1.165, 1.54) is 0 Å². The fourth-order valence-electron chi connectivity index (χ4n) is 2.37. The Kier molecular flexibility index (Phi) is 3.87. The average molecular weight is 321 g/mol. The first-order valence-electron chi connectivity index (χ1n) is 6.84. The van der Waals surface area contributed by atoms with Crippen LogP contribution < -0.4 is 4.90 Å². The van der Waals surface area contributed by atoms with E-state index < -0.39 is 0 Å². The first-order valence-corrected chi connectivity index (χ1v) is 8.10. The Bertz CT molecular complexity index is 777. The second-order valence-electron chi connectivity index (χ2n) is 5.07. The number of aromatic nitrogens is 3. The zero-order chi connectivity index (χ0) is 15.0. The minimum atomic E-state index is 0.758. The van der Waals surface area contributed by atoms with E-state index in [1.54, 1.807) is 11.3 Å². The predicted molar refractivity (Wildman–Crippen MR) is 89.3 cm³/mol. The molecule has 0 atom stereocenters. The van der Waals surface area contributed by atoms with E-state index in [0.717, 1.165) is 45.5 Å². The van der Waals surface area contributed by atoms with Crippen molar-refractivity contribution < 1.29 is 0 Å². The molecule has 110 valence electrons. The number of thiophene rings is 1. The molecule has 3 aromatic rings. The third-order valence-corrected chi connectivity index (χ3v) is 4.52. The van der Waals surface area contributed by atoms with Crippen molar-refractivity contribution in [1.29, 1.82) is 0 Å². The summed E-state index contributed by atoms with van der Waals surface area (Å²) in [5.41, 5.74) is 1.16. The van der Waals surface area contributed by atoms with Gasteiger partial charge in [0.25, 0.3) is 0 Å². The molecule has 0 radical (unpaired) electrons. The van der Waals surface area contributed by atoms with Crippen molar-refractivity contribution >= 4 is 39.0 Å². The number of nitrogens with zero attached hydrogens (tertiary/aromatic N) is 4. The lowest BCUT2D eigenvalue weighted by Crippen LogP contribution is -2.20. The fourth-order valence-corrected chi connectivity index (χ4v) is 3.42. The molecular weight excluding hydrogens is 304 g/mol. The summed E-state index contributed by atoms with van der Waals surface area (Å²) in [7, 11) is 4.06. The molecule has 0 saturated heterocycles. The summed E-state index contributed by atoms with van der Waals surface area (Å²) in [5, 5.41) is 3.94. The van der Waals surface area contributed by atoms with E-state index in [4.69, 9.17) is 16.6 Å². The molecular formula is C15H17ClN4S. The number of aryl methyl sites for hydroxylation is 2. The van der Waals surface area contributed by atoms with Crippen LogP contribution >= 0.6 is 22.9 Å². The summed E-state index contributed by atoms with van der Waals surface area (Å²) >= 11 is 7.72. The molecule has 0 spiro atoms. The van der Waals surface area contributed by atoms with Crippen molar-refractivity contribution in [2.75, 3.05) is 11.9 Å². The molecule has 0 amide bonds. The van der Waals surface area contributed by atoms with Gasteiger partial charge in [-0.25, -0.2) is 9.97 Å². The van der Waals surface area contributed by atoms with Crippen LogP contribution in [0.3, 0.4) is 0 Å². The zero-order valence-electron chi connectivity index (χ0n) is 12.3. The second-order valence-corrected chi connectivity index (χ2v) is 6.40. The molecule has 0 fully saturated rings. The van der Waals surface area contributed by atoms with Gasteiger partial charge in [0.1, 0.15) is 16.5 Å². The quantitative estimate of drug-likeness (QED) is 0.731. The Morgan fingerprint density at radius 1 is 1.38 bits per heavy atom. The topological polar surface area (TPSA) is 34.0 Å². The SMILES string of the molecule is CCc1nc(N(C)Cc2cc(Cl)cn2C)c2ccsc2n1. The maximum Gasteiger partial charge on any atom is 0.141 e. The molecule has 3 heterocycles. The van der Waals surface area contributed by atoms with Gasteiger partial charge in [-0.1, -0.05) is 18.5 Å². The van der Waals surface area contributed by atoms with Gasteiger partial charge in [0.05, 0.1) is 17.0 Å². The fraction of sp³-hybridized carbons (Fsp3) is 0.333. The molecule has 0 saturated carbocycles. The van der Waals surface area contributed by atoms with Crippen LogP contribution in [0.4, 0.5) is 5.82 Å². The van der Waals surface area contributed by atoms with Gasteiger partial charge in [0.15, 0.2) is 0 Å². The number of fused-ring (bicyclic) bond motifs is 1. The van der Waals surface area contributed by atoms with Crippen molar-refractivity contribution in [1.82, 2.24) is 14.5 Å². The molecule has 3 aromatic heterocycles. The molecule has 6 heteroatoms. The van der Waals surface area contributed by atoms with Crippen LogP contribution in [0.2, 0.25) is 5.02 Å². The molecule has 0 bridgehead atoms. The molecule has 0 aliphatic heterocycles. The molecule has 0 unspecified atom stereocenters. The first kappa shape index (κ1) is 14.4. The molecule has 0 aromatic carbocycles. The van der Waals surface area contributed by atoms with Crippen molar-refractivity contribution in [3.8, 4) is 0 Å². The van der Waals surface area contributed by atoms with Gasteiger partial charge in [-0.2, -0.15) is 0 Å². The normalized spacial score (nSPS) is 11.2. The van der Waals surface area contributed by atoms with E-state index in [0.29, 0.717) is 0 Å². The molecule has 4 nitrogen and oxygen atoms in total. The van der Waals surface area contributed by atoms with E-state index >= 15 is 0 Å². The highest BCUT2D eigenvalue weighted by molar-refractivity contribution is 7.16. The van der Waals surface area contributed by atoms with Crippen molar-refractivity contribution in [2.24, 2.45) is 7.05 Å². The summed E-state index contributed by atoms with van der Waals surface area (Å²) in [6.45, 7) is 2.84. The van der Waals surface area contributed by atoms with Crippen LogP contribution in [0.15, 0.2) is 23.7 Å². The van der Waals surface area contributed by atoms with Crippen molar-refractivity contribution in [3.63, 3.8) is 0 Å². The highest BCUT2D eigenvalue weighted by atomic mass is 35.5. The summed E-state index contributed by atoms with van der Waals surface area (Å²) < 4.78 is 2.05. The number of hydrogen-bond donors (Lipinski definition) is 0. The van der Waals surface area contributed by atoms with Gasteiger partial charge in [0, 0.05) is 32.4 Å². The lowest BCUT2D eigenvalue weighted by atomic mass is 10.3. The largest absolute Gasteiger partial charge is 0.353 e. The van der Waals surface area contributed by atoms with E-state index in [2.05, 4.69) is 35.3 Å². The monoisotopic (exact) mass is 320 g/mol. The Morgan fingerprint density at radius 3 is 2.86 bits per heavy atom. The van der Waals surface area contributed by atoms with Gasteiger partial charge in [-0.3, -0.25) is 0 Å². The number of anilines is 1. The van der Waals surface area contributed by atoms with Crippen LogP contribution in [-0.2, 0) is 20.0 Å². The van der Waals surface area contributed by atoms with Gasteiger partial charge >= 0.3 is 0 Å². The van der Waals surface area contributed by atoms with Crippen molar-refractivity contribution in [3.05, 3.63) is 40.3 Å². The molecule has 0 N–H and O–H groups in total. The standard InChI is InChI=1S/C15H17ClN4S/c1-4-13-17-14(12-5-6-21-15(12)18-13)20(3)9-11-7-10(16)8-19(11)2/h5-8H,4,9H2,1-3H3. The van der Waals surface area contributed by atoms with Crippen molar-refractivity contribution in [2.45, 2.75) is 19.9 Å². The third kappa shape index (κ3) is 2.76. The Balaban J connectivity index is 1.98. The number of halogens is 1. The van der Waals surface area contributed by atoms with Gasteiger partial charge in [0.2, 0.25) is 0 Å².